The van der Waals surface area contributed by atoms with Crippen molar-refractivity contribution in [2.45, 2.75) is 24.9 Å². The quantitative estimate of drug-likeness (QED) is 0.726. The molecule has 0 radical (unpaired) electrons. The van der Waals surface area contributed by atoms with E-state index in [9.17, 15) is 12.3 Å². The van der Waals surface area contributed by atoms with Gasteiger partial charge in [-0.05, 0) is 0 Å². The van der Waals surface area contributed by atoms with Crippen LogP contribution in [0, 0.1) is 0 Å². The maximum atomic E-state index is 12.4. The highest BCUT2D eigenvalue weighted by Gasteiger charge is 2.27. The zero-order chi connectivity index (χ0) is 10.2. The second-order valence-corrected chi connectivity index (χ2v) is 4.39. The fraction of sp³-hybridized carbons (Fsp3) is 0.500. The van der Waals surface area contributed by atoms with Gasteiger partial charge in [0.1, 0.15) is 10.7 Å². The van der Waals surface area contributed by atoms with Crippen molar-refractivity contribution in [1.82, 2.24) is 5.16 Å². The molecule has 0 spiro atoms. The van der Waals surface area contributed by atoms with Gasteiger partial charge >= 0.3 is 15.3 Å². The third kappa shape index (κ3) is 2.00. The molecule has 1 rings (SSSR count). The maximum Gasteiger partial charge on any atom is 0.370 e. The first-order valence-corrected chi connectivity index (χ1v) is 5.20. The average molecular weight is 228 g/mol. The highest BCUT2D eigenvalue weighted by molar-refractivity contribution is 7.86. The summed E-state index contributed by atoms with van der Waals surface area (Å²) in [7, 11) is -4.91. The van der Waals surface area contributed by atoms with Crippen molar-refractivity contribution >= 4 is 21.8 Å². The van der Waals surface area contributed by atoms with Gasteiger partial charge in [-0.2, -0.15) is 8.42 Å². The number of halogens is 2. The molecule has 0 aromatic carbocycles. The maximum absolute atomic E-state index is 12.4. The lowest BCUT2D eigenvalue weighted by molar-refractivity contribution is 0.327. The van der Waals surface area contributed by atoms with Crippen molar-refractivity contribution in [2.24, 2.45) is 0 Å². The lowest BCUT2D eigenvalue weighted by Crippen LogP contribution is -1.91. The number of nitrogens with zero attached hydrogens (tertiary/aromatic N) is 1. The van der Waals surface area contributed by atoms with E-state index < -0.39 is 15.3 Å². The molecule has 0 saturated heterocycles. The minimum Gasteiger partial charge on any atom is -0.340 e. The average Bonchev–Trinajstić information content (AvgIpc) is 2.28. The lowest BCUT2D eigenvalue weighted by atomic mass is 10.1. The fourth-order valence-corrected chi connectivity index (χ4v) is 1.79. The van der Waals surface area contributed by atoms with Crippen molar-refractivity contribution in [2.75, 3.05) is 0 Å². The van der Waals surface area contributed by atoms with Gasteiger partial charge < -0.3 is 4.52 Å². The van der Waals surface area contributed by atoms with Crippen LogP contribution in [0.25, 0.3) is 0 Å². The van der Waals surface area contributed by atoms with Crippen LogP contribution in [0.2, 0.25) is 5.02 Å². The van der Waals surface area contributed by atoms with Gasteiger partial charge in [-0.3, -0.25) is 0 Å². The van der Waals surface area contributed by atoms with Crippen molar-refractivity contribution in [3.05, 3.63) is 10.7 Å². The first-order chi connectivity index (χ1) is 5.84. The normalized spacial score (nSPS) is 12.4. The molecular weight excluding hydrogens is 221 g/mol. The predicted octanol–water partition coefficient (Wildman–Crippen LogP) is 2.11. The monoisotopic (exact) mass is 227 g/mol. The zero-order valence-corrected chi connectivity index (χ0v) is 8.49. The van der Waals surface area contributed by atoms with Crippen molar-refractivity contribution in [3.8, 4) is 0 Å². The number of hydrogen-bond donors (Lipinski definition) is 0. The molecule has 7 heteroatoms. The molecule has 1 aromatic heterocycles. The van der Waals surface area contributed by atoms with Crippen LogP contribution in [0.5, 0.6) is 0 Å². The van der Waals surface area contributed by atoms with Gasteiger partial charge in [0, 0.05) is 5.92 Å². The molecule has 1 aromatic rings. The molecular formula is C6H7ClFNO3S. The van der Waals surface area contributed by atoms with E-state index in [-0.39, 0.29) is 16.6 Å². The SMILES string of the molecule is CC(C)c1noc(S(=O)(=O)F)c1Cl. The zero-order valence-electron chi connectivity index (χ0n) is 6.91. The summed E-state index contributed by atoms with van der Waals surface area (Å²) >= 11 is 5.53. The topological polar surface area (TPSA) is 60.2 Å². The summed E-state index contributed by atoms with van der Waals surface area (Å²) in [6.07, 6.45) is 0. The summed E-state index contributed by atoms with van der Waals surface area (Å²) in [5.74, 6) is -0.119. The van der Waals surface area contributed by atoms with Gasteiger partial charge in [0.05, 0.1) is 0 Å². The van der Waals surface area contributed by atoms with Crippen LogP contribution in [-0.2, 0) is 10.2 Å². The third-order valence-electron chi connectivity index (χ3n) is 1.40. The Morgan fingerprint density at radius 1 is 1.54 bits per heavy atom. The van der Waals surface area contributed by atoms with Crippen molar-refractivity contribution < 1.29 is 16.8 Å². The van der Waals surface area contributed by atoms with Gasteiger partial charge in [0.25, 0.3) is 0 Å². The van der Waals surface area contributed by atoms with E-state index in [2.05, 4.69) is 9.68 Å². The lowest BCUT2D eigenvalue weighted by Gasteiger charge is -1.96. The molecule has 0 aliphatic carbocycles. The van der Waals surface area contributed by atoms with Crippen LogP contribution < -0.4 is 0 Å². The molecule has 0 aliphatic heterocycles. The molecule has 0 atom stereocenters. The molecule has 0 bridgehead atoms. The first-order valence-electron chi connectivity index (χ1n) is 3.43. The Kier molecular flexibility index (Phi) is 2.63. The highest BCUT2D eigenvalue weighted by atomic mass is 35.5. The van der Waals surface area contributed by atoms with Gasteiger partial charge in [-0.1, -0.05) is 34.5 Å². The number of hydrogen-bond acceptors (Lipinski definition) is 4. The molecule has 0 N–H and O–H groups in total. The van der Waals surface area contributed by atoms with E-state index in [1.165, 1.54) is 0 Å². The van der Waals surface area contributed by atoms with E-state index in [0.717, 1.165) is 0 Å². The Morgan fingerprint density at radius 2 is 2.08 bits per heavy atom. The molecule has 13 heavy (non-hydrogen) atoms. The predicted molar refractivity (Wildman–Crippen MR) is 43.9 cm³/mol. The molecule has 0 unspecified atom stereocenters. The van der Waals surface area contributed by atoms with Crippen molar-refractivity contribution in [1.29, 1.82) is 0 Å². The largest absolute Gasteiger partial charge is 0.370 e. The van der Waals surface area contributed by atoms with E-state index in [1.54, 1.807) is 13.8 Å². The molecule has 4 nitrogen and oxygen atoms in total. The number of rotatable bonds is 2. The summed E-state index contributed by atoms with van der Waals surface area (Å²) in [6.45, 7) is 3.47. The van der Waals surface area contributed by atoms with E-state index in [0.29, 0.717) is 0 Å². The Morgan fingerprint density at radius 3 is 2.31 bits per heavy atom. The molecule has 74 valence electrons. The summed E-state index contributed by atoms with van der Waals surface area (Å²) in [6, 6.07) is 0. The van der Waals surface area contributed by atoms with E-state index in [4.69, 9.17) is 11.6 Å². The Bertz CT molecular complexity index is 412. The van der Waals surface area contributed by atoms with Crippen LogP contribution >= 0.6 is 11.6 Å². The second-order valence-electron chi connectivity index (χ2n) is 2.76. The Labute approximate surface area is 79.9 Å². The smallest absolute Gasteiger partial charge is 0.340 e. The van der Waals surface area contributed by atoms with Gasteiger partial charge in [0.2, 0.25) is 0 Å². The molecule has 0 saturated carbocycles. The van der Waals surface area contributed by atoms with Crippen LogP contribution in [0.4, 0.5) is 3.89 Å². The number of aromatic nitrogens is 1. The molecule has 0 amide bonds. The highest BCUT2D eigenvalue weighted by Crippen LogP contribution is 2.30. The fourth-order valence-electron chi connectivity index (χ4n) is 0.786. The van der Waals surface area contributed by atoms with E-state index >= 15 is 0 Å². The summed E-state index contributed by atoms with van der Waals surface area (Å²) in [5.41, 5.74) is 0.234. The van der Waals surface area contributed by atoms with Crippen LogP contribution in [0.1, 0.15) is 25.5 Å². The van der Waals surface area contributed by atoms with Gasteiger partial charge in [-0.25, -0.2) is 0 Å². The summed E-state index contributed by atoms with van der Waals surface area (Å²) < 4.78 is 37.5. The first kappa shape index (κ1) is 10.5. The standard InChI is InChI=1S/C6H7ClFNO3S/c1-3(2)5-4(7)6(12-9-5)13(8,10)11/h3H,1-2H3. The summed E-state index contributed by atoms with van der Waals surface area (Å²) in [5, 5.41) is 2.16. The molecule has 1 heterocycles. The minimum absolute atomic E-state index is 0.119. The third-order valence-corrected chi connectivity index (χ3v) is 2.60. The Balaban J connectivity index is 3.30. The molecule has 0 aliphatic rings. The van der Waals surface area contributed by atoms with E-state index in [1.807, 2.05) is 0 Å². The van der Waals surface area contributed by atoms with Crippen LogP contribution in [0.15, 0.2) is 9.62 Å². The van der Waals surface area contributed by atoms with Gasteiger partial charge in [-0.15, -0.1) is 0 Å². The minimum atomic E-state index is -4.91. The Hall–Kier alpha value is -0.620. The van der Waals surface area contributed by atoms with Gasteiger partial charge in [0.15, 0.2) is 0 Å². The molecule has 0 fully saturated rings. The summed E-state index contributed by atoms with van der Waals surface area (Å²) in [4.78, 5) is 0. The van der Waals surface area contributed by atoms with Crippen molar-refractivity contribution in [3.63, 3.8) is 0 Å². The second kappa shape index (κ2) is 3.26. The van der Waals surface area contributed by atoms with Crippen LogP contribution in [-0.4, -0.2) is 13.6 Å². The van der Waals surface area contributed by atoms with Crippen LogP contribution in [0.3, 0.4) is 0 Å².